The average Bonchev–Trinajstić information content (AvgIpc) is 2.41. The largest absolute Gasteiger partial charge is 0.416 e. The molecule has 1 aliphatic heterocycles. The lowest BCUT2D eigenvalue weighted by Crippen LogP contribution is -2.47. The van der Waals surface area contributed by atoms with Gasteiger partial charge in [0.1, 0.15) is 0 Å². The highest BCUT2D eigenvalue weighted by Crippen LogP contribution is 2.30. The first kappa shape index (κ1) is 15.8. The van der Waals surface area contributed by atoms with Crippen LogP contribution in [0.1, 0.15) is 5.56 Å². The van der Waals surface area contributed by atoms with Crippen LogP contribution in [-0.2, 0) is 11.0 Å². The quantitative estimate of drug-likeness (QED) is 0.926. The predicted octanol–water partition coefficient (Wildman–Crippen LogP) is 1.89. The molecule has 2 rings (SSSR count). The van der Waals surface area contributed by atoms with Crippen molar-refractivity contribution in [1.82, 2.24) is 9.80 Å². The fraction of sp³-hybridized carbons (Fsp3) is 0.500. The van der Waals surface area contributed by atoms with Gasteiger partial charge in [0.2, 0.25) is 5.91 Å². The van der Waals surface area contributed by atoms with Gasteiger partial charge in [-0.3, -0.25) is 9.69 Å². The molecule has 116 valence electrons. The lowest BCUT2D eigenvalue weighted by atomic mass is 10.2. The van der Waals surface area contributed by atoms with Crippen LogP contribution in [0.5, 0.6) is 0 Å². The molecule has 0 radical (unpaired) electrons. The molecule has 1 aliphatic rings. The highest BCUT2D eigenvalue weighted by atomic mass is 19.4. The van der Waals surface area contributed by atoms with Gasteiger partial charge in [-0.1, -0.05) is 6.07 Å². The zero-order valence-electron chi connectivity index (χ0n) is 11.8. The number of piperazine rings is 1. The van der Waals surface area contributed by atoms with Crippen LogP contribution in [0.4, 0.5) is 18.9 Å². The zero-order valence-corrected chi connectivity index (χ0v) is 11.8. The van der Waals surface area contributed by atoms with Crippen molar-refractivity contribution in [3.05, 3.63) is 29.8 Å². The van der Waals surface area contributed by atoms with E-state index in [-0.39, 0.29) is 18.1 Å². The third-order valence-electron chi connectivity index (χ3n) is 3.44. The van der Waals surface area contributed by atoms with Crippen LogP contribution in [0.3, 0.4) is 0 Å². The first-order chi connectivity index (χ1) is 9.84. The smallest absolute Gasteiger partial charge is 0.325 e. The first-order valence-corrected chi connectivity index (χ1v) is 6.72. The monoisotopic (exact) mass is 301 g/mol. The summed E-state index contributed by atoms with van der Waals surface area (Å²) in [5.74, 6) is -0.293. The number of hydrogen-bond acceptors (Lipinski definition) is 3. The second-order valence-corrected chi connectivity index (χ2v) is 5.21. The number of nitrogens with one attached hydrogen (secondary N) is 1. The normalized spacial score (nSPS) is 17.7. The Morgan fingerprint density at radius 2 is 1.90 bits per heavy atom. The van der Waals surface area contributed by atoms with Crippen LogP contribution in [0.2, 0.25) is 0 Å². The number of benzene rings is 1. The SMILES string of the molecule is CN1CCN(CC(=O)Nc2cccc(C(F)(F)F)c2)CC1. The maximum absolute atomic E-state index is 12.6. The Bertz CT molecular complexity index is 496. The molecule has 0 aliphatic carbocycles. The van der Waals surface area contributed by atoms with Gasteiger partial charge in [0, 0.05) is 31.9 Å². The standard InChI is InChI=1S/C14H18F3N3O/c1-19-5-7-20(8-6-19)10-13(21)18-12-4-2-3-11(9-12)14(15,16)17/h2-4,9H,5-8,10H2,1H3,(H,18,21). The van der Waals surface area contributed by atoms with Gasteiger partial charge >= 0.3 is 6.18 Å². The number of alkyl halides is 3. The molecule has 0 saturated carbocycles. The first-order valence-electron chi connectivity index (χ1n) is 6.72. The summed E-state index contributed by atoms with van der Waals surface area (Å²) >= 11 is 0. The van der Waals surface area contributed by atoms with Gasteiger partial charge in [0.25, 0.3) is 0 Å². The van der Waals surface area contributed by atoms with Gasteiger partial charge in [-0.15, -0.1) is 0 Å². The van der Waals surface area contributed by atoms with Crippen LogP contribution in [0.25, 0.3) is 0 Å². The predicted molar refractivity (Wildman–Crippen MR) is 74.0 cm³/mol. The Labute approximate surface area is 121 Å². The third-order valence-corrected chi connectivity index (χ3v) is 3.44. The van der Waals surface area contributed by atoms with Gasteiger partial charge < -0.3 is 10.2 Å². The number of carbonyl (C=O) groups excluding carboxylic acids is 1. The van der Waals surface area contributed by atoms with Crippen molar-refractivity contribution in [2.75, 3.05) is 45.1 Å². The minimum Gasteiger partial charge on any atom is -0.325 e. The van der Waals surface area contributed by atoms with Gasteiger partial charge in [-0.25, -0.2) is 0 Å². The van der Waals surface area contributed by atoms with Gasteiger partial charge in [-0.05, 0) is 25.2 Å². The molecule has 1 fully saturated rings. The Hall–Kier alpha value is -1.60. The number of nitrogens with zero attached hydrogens (tertiary/aromatic N) is 2. The van der Waals surface area contributed by atoms with E-state index < -0.39 is 11.7 Å². The summed E-state index contributed by atoms with van der Waals surface area (Å²) in [6.07, 6.45) is -4.40. The van der Waals surface area contributed by atoms with E-state index in [1.54, 1.807) is 0 Å². The molecular weight excluding hydrogens is 283 g/mol. The number of rotatable bonds is 3. The zero-order chi connectivity index (χ0) is 15.5. The van der Waals surface area contributed by atoms with Crippen LogP contribution in [0.15, 0.2) is 24.3 Å². The number of hydrogen-bond donors (Lipinski definition) is 1. The fourth-order valence-electron chi connectivity index (χ4n) is 2.18. The van der Waals surface area contributed by atoms with Crippen LogP contribution < -0.4 is 5.32 Å². The third kappa shape index (κ3) is 4.71. The van der Waals surface area contributed by atoms with Crippen LogP contribution in [0, 0.1) is 0 Å². The molecule has 1 aromatic rings. The minimum absolute atomic E-state index is 0.170. The Kier molecular flexibility index (Phi) is 4.84. The Morgan fingerprint density at radius 1 is 1.24 bits per heavy atom. The van der Waals surface area contributed by atoms with Gasteiger partial charge in [0.05, 0.1) is 12.1 Å². The molecule has 4 nitrogen and oxygen atoms in total. The number of anilines is 1. The lowest BCUT2D eigenvalue weighted by molar-refractivity contribution is -0.137. The fourth-order valence-corrected chi connectivity index (χ4v) is 2.18. The van der Waals surface area contributed by atoms with E-state index in [1.165, 1.54) is 12.1 Å². The maximum atomic E-state index is 12.6. The van der Waals surface area contributed by atoms with Crippen molar-refractivity contribution in [1.29, 1.82) is 0 Å². The Morgan fingerprint density at radius 3 is 2.52 bits per heavy atom. The summed E-state index contributed by atoms with van der Waals surface area (Å²) in [6.45, 7) is 3.54. The Balaban J connectivity index is 1.91. The minimum atomic E-state index is -4.40. The average molecular weight is 301 g/mol. The molecule has 1 aromatic carbocycles. The number of amides is 1. The highest BCUT2D eigenvalue weighted by molar-refractivity contribution is 5.92. The molecule has 1 saturated heterocycles. The number of carbonyl (C=O) groups is 1. The molecule has 1 N–H and O–H groups in total. The van der Waals surface area contributed by atoms with E-state index >= 15 is 0 Å². The summed E-state index contributed by atoms with van der Waals surface area (Å²) in [6, 6.07) is 4.67. The molecule has 21 heavy (non-hydrogen) atoms. The number of likely N-dealkylation sites (N-methyl/N-ethyl adjacent to an activating group) is 1. The summed E-state index contributed by atoms with van der Waals surface area (Å²) in [5, 5.41) is 2.52. The second-order valence-electron chi connectivity index (χ2n) is 5.21. The molecule has 7 heteroatoms. The van der Waals surface area contributed by atoms with Crippen LogP contribution in [-0.4, -0.2) is 55.5 Å². The molecule has 1 heterocycles. The van der Waals surface area contributed by atoms with Gasteiger partial charge in [0.15, 0.2) is 0 Å². The van der Waals surface area contributed by atoms with Crippen molar-refractivity contribution in [2.45, 2.75) is 6.18 Å². The van der Waals surface area contributed by atoms with E-state index in [9.17, 15) is 18.0 Å². The summed E-state index contributed by atoms with van der Waals surface area (Å²) in [7, 11) is 2.01. The summed E-state index contributed by atoms with van der Waals surface area (Å²) < 4.78 is 37.8. The summed E-state index contributed by atoms with van der Waals surface area (Å²) in [4.78, 5) is 16.0. The summed E-state index contributed by atoms with van der Waals surface area (Å²) in [5.41, 5.74) is -0.594. The van der Waals surface area contributed by atoms with E-state index in [0.29, 0.717) is 0 Å². The van der Waals surface area contributed by atoms with E-state index in [0.717, 1.165) is 38.3 Å². The highest BCUT2D eigenvalue weighted by Gasteiger charge is 2.30. The van der Waals surface area contributed by atoms with Crippen molar-refractivity contribution in [2.24, 2.45) is 0 Å². The van der Waals surface area contributed by atoms with Crippen LogP contribution >= 0.6 is 0 Å². The van der Waals surface area contributed by atoms with E-state index in [1.807, 2.05) is 11.9 Å². The maximum Gasteiger partial charge on any atom is 0.416 e. The molecule has 0 bridgehead atoms. The molecule has 1 amide bonds. The van der Waals surface area contributed by atoms with Crippen molar-refractivity contribution in [3.8, 4) is 0 Å². The van der Waals surface area contributed by atoms with Crippen molar-refractivity contribution < 1.29 is 18.0 Å². The molecule has 0 spiro atoms. The van der Waals surface area contributed by atoms with Crippen molar-refractivity contribution in [3.63, 3.8) is 0 Å². The molecule has 0 unspecified atom stereocenters. The van der Waals surface area contributed by atoms with E-state index in [4.69, 9.17) is 0 Å². The van der Waals surface area contributed by atoms with Crippen molar-refractivity contribution >= 4 is 11.6 Å². The number of halogens is 3. The topological polar surface area (TPSA) is 35.6 Å². The molecular formula is C14H18F3N3O. The van der Waals surface area contributed by atoms with E-state index in [2.05, 4.69) is 10.2 Å². The lowest BCUT2D eigenvalue weighted by Gasteiger charge is -2.31. The molecule has 0 atom stereocenters. The molecule has 0 aromatic heterocycles. The second kappa shape index (κ2) is 6.44. The van der Waals surface area contributed by atoms with Gasteiger partial charge in [-0.2, -0.15) is 13.2 Å².